The largest absolute Gasteiger partial charge is 0.506 e. The molecule has 0 unspecified atom stereocenters. The molecule has 0 aliphatic rings. The zero-order chi connectivity index (χ0) is 13.1. The normalized spacial score (nSPS) is 10.4. The van der Waals surface area contributed by atoms with Crippen molar-refractivity contribution in [3.05, 3.63) is 55.9 Å². The van der Waals surface area contributed by atoms with Gasteiger partial charge in [-0.05, 0) is 56.1 Å². The third kappa shape index (κ3) is 3.19. The number of rotatable bonds is 3. The van der Waals surface area contributed by atoms with Crippen molar-refractivity contribution in [1.29, 1.82) is 0 Å². The summed E-state index contributed by atoms with van der Waals surface area (Å²) in [7, 11) is 0. The van der Waals surface area contributed by atoms with Crippen LogP contribution in [0, 0.1) is 0 Å². The average Bonchev–Trinajstić information content (AvgIpc) is 2.35. The van der Waals surface area contributed by atoms with Crippen LogP contribution in [0.2, 0.25) is 5.02 Å². The molecular formula is C13H10Br2ClNO. The lowest BCUT2D eigenvalue weighted by atomic mass is 10.2. The molecule has 0 atom stereocenters. The first-order valence-corrected chi connectivity index (χ1v) is 7.19. The second-order valence-electron chi connectivity index (χ2n) is 3.73. The van der Waals surface area contributed by atoms with Crippen molar-refractivity contribution in [2.45, 2.75) is 6.54 Å². The Balaban J connectivity index is 2.16. The monoisotopic (exact) mass is 389 g/mol. The first kappa shape index (κ1) is 13.7. The third-order valence-electron chi connectivity index (χ3n) is 2.47. The number of aromatic hydroxyl groups is 1. The molecule has 2 aromatic rings. The number of para-hydroxylation sites is 1. The van der Waals surface area contributed by atoms with Gasteiger partial charge in [-0.15, -0.1) is 0 Å². The van der Waals surface area contributed by atoms with E-state index in [-0.39, 0.29) is 5.75 Å². The molecule has 5 heteroatoms. The third-order valence-corrected chi connectivity index (χ3v) is 4.03. The maximum absolute atomic E-state index is 9.87. The van der Waals surface area contributed by atoms with E-state index in [2.05, 4.69) is 37.2 Å². The molecule has 0 saturated carbocycles. The van der Waals surface area contributed by atoms with Crippen LogP contribution in [0.3, 0.4) is 0 Å². The van der Waals surface area contributed by atoms with Crippen LogP contribution in [0.1, 0.15) is 5.56 Å². The predicted octanol–water partition coefficient (Wildman–Crippen LogP) is 5.18. The van der Waals surface area contributed by atoms with Crippen LogP contribution in [0.5, 0.6) is 5.75 Å². The van der Waals surface area contributed by atoms with Crippen molar-refractivity contribution < 1.29 is 5.11 Å². The van der Waals surface area contributed by atoms with Gasteiger partial charge in [-0.1, -0.05) is 23.7 Å². The molecule has 2 nitrogen and oxygen atoms in total. The quantitative estimate of drug-likeness (QED) is 0.755. The van der Waals surface area contributed by atoms with Gasteiger partial charge in [0.2, 0.25) is 0 Å². The number of hydrogen-bond donors (Lipinski definition) is 2. The summed E-state index contributed by atoms with van der Waals surface area (Å²) in [6.07, 6.45) is 0. The Morgan fingerprint density at radius 3 is 2.67 bits per heavy atom. The maximum Gasteiger partial charge on any atom is 0.134 e. The van der Waals surface area contributed by atoms with Crippen molar-refractivity contribution in [3.63, 3.8) is 0 Å². The summed E-state index contributed by atoms with van der Waals surface area (Å²) in [5, 5.41) is 13.8. The summed E-state index contributed by atoms with van der Waals surface area (Å²) in [4.78, 5) is 0. The second kappa shape index (κ2) is 5.95. The number of halogens is 3. The summed E-state index contributed by atoms with van der Waals surface area (Å²) < 4.78 is 1.62. The Bertz CT molecular complexity index is 573. The van der Waals surface area contributed by atoms with Gasteiger partial charge in [0.25, 0.3) is 0 Å². The standard InChI is InChI=1S/C13H10Br2ClNO/c14-10-5-4-9(16)6-12(10)17-7-8-2-1-3-11(15)13(8)18/h1-6,17-18H,7H2. The minimum Gasteiger partial charge on any atom is -0.506 e. The average molecular weight is 391 g/mol. The van der Waals surface area contributed by atoms with Gasteiger partial charge in [0.1, 0.15) is 5.75 Å². The second-order valence-corrected chi connectivity index (χ2v) is 5.87. The van der Waals surface area contributed by atoms with Crippen molar-refractivity contribution in [2.75, 3.05) is 5.32 Å². The first-order chi connectivity index (χ1) is 8.58. The van der Waals surface area contributed by atoms with Crippen molar-refractivity contribution in [3.8, 4) is 5.75 Å². The predicted molar refractivity (Wildman–Crippen MR) is 82.3 cm³/mol. The molecule has 0 radical (unpaired) electrons. The lowest BCUT2D eigenvalue weighted by molar-refractivity contribution is 0.465. The summed E-state index contributed by atoms with van der Waals surface area (Å²) >= 11 is 12.7. The smallest absolute Gasteiger partial charge is 0.134 e. The zero-order valence-corrected chi connectivity index (χ0v) is 13.2. The number of phenolic OH excluding ortho intramolecular Hbond substituents is 1. The van der Waals surface area contributed by atoms with Crippen LogP contribution < -0.4 is 5.32 Å². The highest BCUT2D eigenvalue weighted by Crippen LogP contribution is 2.30. The van der Waals surface area contributed by atoms with Gasteiger partial charge in [0.15, 0.2) is 0 Å². The topological polar surface area (TPSA) is 32.3 Å². The molecule has 0 saturated heterocycles. The van der Waals surface area contributed by atoms with Crippen LogP contribution >= 0.6 is 43.5 Å². The summed E-state index contributed by atoms with van der Waals surface area (Å²) in [5.74, 6) is 0.253. The fourth-order valence-electron chi connectivity index (χ4n) is 1.53. The fourth-order valence-corrected chi connectivity index (χ4v) is 2.49. The highest BCUT2D eigenvalue weighted by molar-refractivity contribution is 9.11. The summed E-state index contributed by atoms with van der Waals surface area (Å²) in [5.41, 5.74) is 1.71. The Morgan fingerprint density at radius 2 is 1.89 bits per heavy atom. The Labute approximate surface area is 127 Å². The molecule has 18 heavy (non-hydrogen) atoms. The number of benzene rings is 2. The van der Waals surface area contributed by atoms with E-state index in [0.717, 1.165) is 15.7 Å². The van der Waals surface area contributed by atoms with E-state index >= 15 is 0 Å². The van der Waals surface area contributed by atoms with Gasteiger partial charge in [-0.2, -0.15) is 0 Å². The van der Waals surface area contributed by atoms with E-state index in [1.807, 2.05) is 30.3 Å². The number of nitrogens with one attached hydrogen (secondary N) is 1. The Hall–Kier alpha value is -0.710. The molecule has 0 amide bonds. The van der Waals surface area contributed by atoms with E-state index in [4.69, 9.17) is 11.6 Å². The highest BCUT2D eigenvalue weighted by Gasteiger charge is 2.06. The lowest BCUT2D eigenvalue weighted by Crippen LogP contribution is -2.00. The van der Waals surface area contributed by atoms with E-state index in [0.29, 0.717) is 16.0 Å². The van der Waals surface area contributed by atoms with Crippen LogP contribution in [0.4, 0.5) is 5.69 Å². The maximum atomic E-state index is 9.87. The molecule has 0 fully saturated rings. The summed E-state index contributed by atoms with van der Waals surface area (Å²) in [6.45, 7) is 0.518. The molecule has 0 bridgehead atoms. The van der Waals surface area contributed by atoms with Crippen LogP contribution in [0.15, 0.2) is 45.3 Å². The minimum atomic E-state index is 0.253. The van der Waals surface area contributed by atoms with E-state index < -0.39 is 0 Å². The molecule has 2 aromatic carbocycles. The molecule has 0 heterocycles. The molecule has 2 N–H and O–H groups in total. The van der Waals surface area contributed by atoms with E-state index in [1.165, 1.54) is 0 Å². The van der Waals surface area contributed by atoms with Crippen molar-refractivity contribution in [1.82, 2.24) is 0 Å². The number of hydrogen-bond acceptors (Lipinski definition) is 2. The number of phenols is 1. The van der Waals surface area contributed by atoms with Crippen LogP contribution in [0.25, 0.3) is 0 Å². The van der Waals surface area contributed by atoms with Crippen molar-refractivity contribution in [2.24, 2.45) is 0 Å². The molecule has 0 aromatic heterocycles. The zero-order valence-electron chi connectivity index (χ0n) is 9.25. The molecule has 0 spiro atoms. The van der Waals surface area contributed by atoms with Gasteiger partial charge in [-0.25, -0.2) is 0 Å². The highest BCUT2D eigenvalue weighted by atomic mass is 79.9. The molecular weight excluding hydrogens is 381 g/mol. The number of anilines is 1. The molecule has 0 aliphatic heterocycles. The lowest BCUT2D eigenvalue weighted by Gasteiger charge is -2.11. The Morgan fingerprint density at radius 1 is 1.11 bits per heavy atom. The van der Waals surface area contributed by atoms with Crippen LogP contribution in [-0.4, -0.2) is 5.11 Å². The molecule has 0 aliphatic carbocycles. The van der Waals surface area contributed by atoms with Gasteiger partial charge in [-0.3, -0.25) is 0 Å². The first-order valence-electron chi connectivity index (χ1n) is 5.23. The van der Waals surface area contributed by atoms with Gasteiger partial charge in [0.05, 0.1) is 10.2 Å². The molecule has 94 valence electrons. The van der Waals surface area contributed by atoms with E-state index in [1.54, 1.807) is 6.07 Å². The minimum absolute atomic E-state index is 0.253. The Kier molecular flexibility index (Phi) is 4.54. The SMILES string of the molecule is Oc1c(Br)cccc1CNc1cc(Cl)ccc1Br. The van der Waals surface area contributed by atoms with Crippen molar-refractivity contribution >= 4 is 49.1 Å². The van der Waals surface area contributed by atoms with Gasteiger partial charge < -0.3 is 10.4 Å². The fraction of sp³-hybridized carbons (Fsp3) is 0.0769. The van der Waals surface area contributed by atoms with Gasteiger partial charge in [0, 0.05) is 21.6 Å². The van der Waals surface area contributed by atoms with E-state index in [9.17, 15) is 5.11 Å². The van der Waals surface area contributed by atoms with Crippen LogP contribution in [-0.2, 0) is 6.54 Å². The molecule has 2 rings (SSSR count). The summed E-state index contributed by atoms with van der Waals surface area (Å²) in [6, 6.07) is 11.1. The van der Waals surface area contributed by atoms with Gasteiger partial charge >= 0.3 is 0 Å².